The average molecular weight is 165 g/mol. The molecule has 1 aromatic rings. The second-order valence-electron chi connectivity index (χ2n) is 2.40. The standard InChI is InChI=1S/C8H7NOS/c11-8-9-7-3-1-2-6(4-7)5-10-8/h1-4H,5H2,(H,9,11). The minimum Gasteiger partial charge on any atom is -0.466 e. The van der Waals surface area contributed by atoms with Crippen LogP contribution in [-0.4, -0.2) is 5.17 Å². The topological polar surface area (TPSA) is 21.3 Å². The lowest BCUT2D eigenvalue weighted by Gasteiger charge is -2.01. The van der Waals surface area contributed by atoms with E-state index in [-0.39, 0.29) is 0 Å². The van der Waals surface area contributed by atoms with Gasteiger partial charge in [-0.05, 0) is 29.9 Å². The third-order valence-electron chi connectivity index (χ3n) is 1.54. The lowest BCUT2D eigenvalue weighted by Crippen LogP contribution is -2.09. The molecule has 3 heteroatoms. The summed E-state index contributed by atoms with van der Waals surface area (Å²) in [6.07, 6.45) is 0. The number of anilines is 1. The maximum absolute atomic E-state index is 5.18. The summed E-state index contributed by atoms with van der Waals surface area (Å²) in [4.78, 5) is 0. The van der Waals surface area contributed by atoms with E-state index in [2.05, 4.69) is 5.32 Å². The van der Waals surface area contributed by atoms with E-state index in [0.29, 0.717) is 11.8 Å². The molecule has 0 spiro atoms. The first kappa shape index (κ1) is 6.61. The molecule has 1 aliphatic heterocycles. The van der Waals surface area contributed by atoms with E-state index in [1.165, 1.54) is 0 Å². The number of rotatable bonds is 0. The van der Waals surface area contributed by atoms with Crippen molar-refractivity contribution >= 4 is 23.1 Å². The fraction of sp³-hybridized carbons (Fsp3) is 0.125. The van der Waals surface area contributed by atoms with E-state index in [4.69, 9.17) is 17.0 Å². The van der Waals surface area contributed by atoms with E-state index < -0.39 is 0 Å². The molecule has 1 aliphatic rings. The van der Waals surface area contributed by atoms with Gasteiger partial charge in [0.1, 0.15) is 6.61 Å². The fourth-order valence-corrected chi connectivity index (χ4v) is 1.22. The Kier molecular flexibility index (Phi) is 1.51. The van der Waals surface area contributed by atoms with Gasteiger partial charge in [0.2, 0.25) is 0 Å². The summed E-state index contributed by atoms with van der Waals surface area (Å²) in [5, 5.41) is 3.40. The van der Waals surface area contributed by atoms with Gasteiger partial charge in [0.25, 0.3) is 5.17 Å². The number of ether oxygens (including phenoxy) is 1. The maximum atomic E-state index is 5.18. The van der Waals surface area contributed by atoms with E-state index in [1.807, 2.05) is 24.3 Å². The first-order valence-electron chi connectivity index (χ1n) is 3.37. The van der Waals surface area contributed by atoms with Crippen molar-refractivity contribution in [2.24, 2.45) is 0 Å². The Hall–Kier alpha value is -1.09. The summed E-state index contributed by atoms with van der Waals surface area (Å²) < 4.78 is 5.18. The third kappa shape index (κ3) is 1.33. The normalized spacial score (nSPS) is 14.7. The molecule has 2 nitrogen and oxygen atoms in total. The van der Waals surface area contributed by atoms with Gasteiger partial charge in [0.05, 0.1) is 0 Å². The molecule has 0 radical (unpaired) electrons. The molecular weight excluding hydrogens is 158 g/mol. The molecule has 0 amide bonds. The zero-order valence-electron chi connectivity index (χ0n) is 5.83. The summed E-state index contributed by atoms with van der Waals surface area (Å²) in [6, 6.07) is 7.98. The Morgan fingerprint density at radius 2 is 2.36 bits per heavy atom. The van der Waals surface area contributed by atoms with Crippen LogP contribution >= 0.6 is 12.2 Å². The molecule has 56 valence electrons. The van der Waals surface area contributed by atoms with Crippen LogP contribution in [0.3, 0.4) is 0 Å². The van der Waals surface area contributed by atoms with Crippen LogP contribution < -0.4 is 5.32 Å². The predicted molar refractivity (Wildman–Crippen MR) is 47.5 cm³/mol. The lowest BCUT2D eigenvalue weighted by atomic mass is 10.2. The summed E-state index contributed by atoms with van der Waals surface area (Å²) in [6.45, 7) is 0.569. The van der Waals surface area contributed by atoms with Crippen LogP contribution in [-0.2, 0) is 11.3 Å². The molecule has 2 bridgehead atoms. The molecule has 2 rings (SSSR count). The summed E-state index contributed by atoms with van der Waals surface area (Å²) in [5.41, 5.74) is 2.15. The molecule has 1 aromatic carbocycles. The van der Waals surface area contributed by atoms with Gasteiger partial charge >= 0.3 is 0 Å². The largest absolute Gasteiger partial charge is 0.466 e. The van der Waals surface area contributed by atoms with Gasteiger partial charge in [0, 0.05) is 5.69 Å². The average Bonchev–Trinajstić information content (AvgIpc) is 2.12. The number of fused-ring (bicyclic) bond motifs is 2. The number of hydrogen-bond donors (Lipinski definition) is 1. The van der Waals surface area contributed by atoms with Gasteiger partial charge < -0.3 is 10.1 Å². The van der Waals surface area contributed by atoms with Crippen LogP contribution in [0.4, 0.5) is 5.69 Å². The maximum Gasteiger partial charge on any atom is 0.261 e. The van der Waals surface area contributed by atoms with Crippen LogP contribution in [0.15, 0.2) is 24.3 Å². The second-order valence-corrected chi connectivity index (χ2v) is 2.77. The van der Waals surface area contributed by atoms with E-state index in [0.717, 1.165) is 11.3 Å². The van der Waals surface area contributed by atoms with Gasteiger partial charge in [-0.25, -0.2) is 0 Å². The zero-order valence-corrected chi connectivity index (χ0v) is 6.65. The van der Waals surface area contributed by atoms with Crippen LogP contribution in [0.1, 0.15) is 5.56 Å². The molecule has 1 heterocycles. The van der Waals surface area contributed by atoms with Crippen molar-refractivity contribution in [3.05, 3.63) is 29.8 Å². The number of nitrogens with one attached hydrogen (secondary N) is 1. The minimum atomic E-state index is 0.450. The lowest BCUT2D eigenvalue weighted by molar-refractivity contribution is 0.302. The van der Waals surface area contributed by atoms with Crippen molar-refractivity contribution in [2.75, 3.05) is 5.32 Å². The van der Waals surface area contributed by atoms with Crippen molar-refractivity contribution in [1.29, 1.82) is 0 Å². The van der Waals surface area contributed by atoms with Crippen molar-refractivity contribution in [3.63, 3.8) is 0 Å². The van der Waals surface area contributed by atoms with Crippen LogP contribution in [0.5, 0.6) is 0 Å². The SMILES string of the molecule is S=C1Nc2cccc(c2)CO1. The van der Waals surface area contributed by atoms with Crippen LogP contribution in [0.2, 0.25) is 0 Å². The molecule has 0 unspecified atom stereocenters. The monoisotopic (exact) mass is 165 g/mol. The van der Waals surface area contributed by atoms with Gasteiger partial charge in [0.15, 0.2) is 0 Å². The highest BCUT2D eigenvalue weighted by Gasteiger charge is 2.05. The fourth-order valence-electron chi connectivity index (χ4n) is 1.04. The molecule has 0 saturated heterocycles. The number of hydrogen-bond acceptors (Lipinski definition) is 2. The number of benzene rings is 1. The highest BCUT2D eigenvalue weighted by molar-refractivity contribution is 7.80. The highest BCUT2D eigenvalue weighted by Crippen LogP contribution is 2.15. The minimum absolute atomic E-state index is 0.450. The quantitative estimate of drug-likeness (QED) is 0.593. The van der Waals surface area contributed by atoms with E-state index >= 15 is 0 Å². The molecular formula is C8H7NOS. The van der Waals surface area contributed by atoms with Crippen molar-refractivity contribution in [1.82, 2.24) is 0 Å². The Balaban J connectivity index is 2.42. The summed E-state index contributed by atoms with van der Waals surface area (Å²) in [5.74, 6) is 0. The predicted octanol–water partition coefficient (Wildman–Crippen LogP) is 1.91. The molecule has 0 saturated carbocycles. The Morgan fingerprint density at radius 1 is 1.45 bits per heavy atom. The van der Waals surface area contributed by atoms with Gasteiger partial charge in [-0.2, -0.15) is 0 Å². The molecule has 0 aliphatic carbocycles. The molecule has 0 fully saturated rings. The third-order valence-corrected chi connectivity index (χ3v) is 1.76. The van der Waals surface area contributed by atoms with Crippen LogP contribution in [0, 0.1) is 0 Å². The summed E-state index contributed by atoms with van der Waals surface area (Å²) in [7, 11) is 0. The molecule has 1 N–H and O–H groups in total. The van der Waals surface area contributed by atoms with Crippen molar-refractivity contribution in [2.45, 2.75) is 6.61 Å². The van der Waals surface area contributed by atoms with Gasteiger partial charge in [-0.1, -0.05) is 12.1 Å². The smallest absolute Gasteiger partial charge is 0.261 e. The van der Waals surface area contributed by atoms with Gasteiger partial charge in [-0.3, -0.25) is 0 Å². The van der Waals surface area contributed by atoms with E-state index in [9.17, 15) is 0 Å². The zero-order chi connectivity index (χ0) is 7.68. The number of thiocarbonyl (C=S) groups is 1. The molecule has 11 heavy (non-hydrogen) atoms. The van der Waals surface area contributed by atoms with Gasteiger partial charge in [-0.15, -0.1) is 0 Å². The first-order valence-corrected chi connectivity index (χ1v) is 3.78. The molecule has 0 aromatic heterocycles. The highest BCUT2D eigenvalue weighted by atomic mass is 32.1. The van der Waals surface area contributed by atoms with E-state index in [1.54, 1.807) is 0 Å². The van der Waals surface area contributed by atoms with Crippen molar-refractivity contribution in [3.8, 4) is 0 Å². The first-order chi connectivity index (χ1) is 5.34. The van der Waals surface area contributed by atoms with Crippen molar-refractivity contribution < 1.29 is 4.74 Å². The van der Waals surface area contributed by atoms with Crippen LogP contribution in [0.25, 0.3) is 0 Å². The Bertz CT molecular complexity index is 298. The molecule has 0 atom stereocenters. The summed E-state index contributed by atoms with van der Waals surface area (Å²) >= 11 is 4.88. The second kappa shape index (κ2) is 2.51. The Morgan fingerprint density at radius 3 is 3.27 bits per heavy atom. The Labute approximate surface area is 70.2 Å².